The van der Waals surface area contributed by atoms with Crippen LogP contribution < -0.4 is 16.4 Å². The fourth-order valence-corrected chi connectivity index (χ4v) is 1.92. The van der Waals surface area contributed by atoms with Crippen LogP contribution >= 0.6 is 25.3 Å². The van der Waals surface area contributed by atoms with Crippen molar-refractivity contribution in [2.45, 2.75) is 38.4 Å². The number of nitrogens with two attached hydrogens (primary N) is 1. The van der Waals surface area contributed by atoms with Gasteiger partial charge >= 0.3 is 5.97 Å². The molecule has 9 heteroatoms. The summed E-state index contributed by atoms with van der Waals surface area (Å²) < 4.78 is 0. The molecule has 0 rings (SSSR count). The van der Waals surface area contributed by atoms with Gasteiger partial charge in [-0.25, -0.2) is 4.79 Å². The van der Waals surface area contributed by atoms with Gasteiger partial charge in [-0.3, -0.25) is 9.59 Å². The molecule has 4 atom stereocenters. The Morgan fingerprint density at radius 3 is 2.10 bits per heavy atom. The molecule has 0 aliphatic carbocycles. The van der Waals surface area contributed by atoms with E-state index in [1.807, 2.05) is 6.92 Å². The summed E-state index contributed by atoms with van der Waals surface area (Å²) in [6.45, 7) is 3.56. The summed E-state index contributed by atoms with van der Waals surface area (Å²) in [6, 6.07) is -2.80. The largest absolute Gasteiger partial charge is 0.480 e. The first-order chi connectivity index (χ1) is 9.78. The van der Waals surface area contributed by atoms with Gasteiger partial charge in [0.05, 0.1) is 6.04 Å². The van der Waals surface area contributed by atoms with E-state index < -0.39 is 35.9 Å². The molecule has 7 nitrogen and oxygen atoms in total. The van der Waals surface area contributed by atoms with Crippen LogP contribution in [0.1, 0.15) is 20.3 Å². The lowest BCUT2D eigenvalue weighted by molar-refractivity contribution is -0.143. The maximum absolute atomic E-state index is 12.1. The van der Waals surface area contributed by atoms with Crippen molar-refractivity contribution in [1.29, 1.82) is 0 Å². The molecule has 4 unspecified atom stereocenters. The molecule has 0 radical (unpaired) electrons. The second kappa shape index (κ2) is 9.91. The lowest BCUT2D eigenvalue weighted by Gasteiger charge is -2.24. The molecular formula is C12H23N3O4S2. The molecule has 0 spiro atoms. The fourth-order valence-electron chi connectivity index (χ4n) is 1.49. The number of thiol groups is 2. The maximum atomic E-state index is 12.1. The highest BCUT2D eigenvalue weighted by Gasteiger charge is 2.29. The number of hydrogen-bond acceptors (Lipinski definition) is 6. The zero-order valence-corrected chi connectivity index (χ0v) is 13.9. The van der Waals surface area contributed by atoms with Crippen LogP contribution in [0.25, 0.3) is 0 Å². The number of carbonyl (C=O) groups excluding carboxylic acids is 2. The highest BCUT2D eigenvalue weighted by Crippen LogP contribution is 2.08. The van der Waals surface area contributed by atoms with Crippen LogP contribution in [0.5, 0.6) is 0 Å². The predicted octanol–water partition coefficient (Wildman–Crippen LogP) is -0.726. The van der Waals surface area contributed by atoms with E-state index in [4.69, 9.17) is 10.8 Å². The average Bonchev–Trinajstić information content (AvgIpc) is 2.47. The van der Waals surface area contributed by atoms with Crippen LogP contribution in [0.3, 0.4) is 0 Å². The molecule has 0 bridgehead atoms. The van der Waals surface area contributed by atoms with E-state index in [9.17, 15) is 14.4 Å². The normalized spacial score (nSPS) is 16.4. The summed E-state index contributed by atoms with van der Waals surface area (Å²) in [5, 5.41) is 14.0. The molecule has 0 aromatic rings. The fraction of sp³-hybridized carbons (Fsp3) is 0.750. The standard InChI is InChI=1S/C12H23N3O4S2/c1-3-6(2)9(12(18)19)15-11(17)8(5-21)14-10(16)7(13)4-20/h6-9,20-21H,3-5,13H2,1-2H3,(H,14,16)(H,15,17)(H,18,19). The van der Waals surface area contributed by atoms with Crippen molar-refractivity contribution >= 4 is 43.0 Å². The van der Waals surface area contributed by atoms with E-state index in [1.54, 1.807) is 6.92 Å². The van der Waals surface area contributed by atoms with Crippen molar-refractivity contribution in [2.75, 3.05) is 11.5 Å². The topological polar surface area (TPSA) is 122 Å². The predicted molar refractivity (Wildman–Crippen MR) is 86.6 cm³/mol. The first-order valence-corrected chi connectivity index (χ1v) is 7.85. The summed E-state index contributed by atoms with van der Waals surface area (Å²) in [5.41, 5.74) is 5.50. The zero-order valence-electron chi connectivity index (χ0n) is 12.1. The number of nitrogens with one attached hydrogen (secondary N) is 2. The first-order valence-electron chi connectivity index (χ1n) is 6.59. The molecule has 0 aromatic heterocycles. The SMILES string of the molecule is CCC(C)C(NC(=O)C(CS)NC(=O)C(N)CS)C(=O)O. The Morgan fingerprint density at radius 1 is 1.14 bits per heavy atom. The second-order valence-corrected chi connectivity index (χ2v) is 5.47. The minimum Gasteiger partial charge on any atom is -0.480 e. The summed E-state index contributed by atoms with van der Waals surface area (Å²) in [6.07, 6.45) is 0.597. The number of carboxylic acids is 1. The average molecular weight is 337 g/mol. The van der Waals surface area contributed by atoms with Crippen molar-refractivity contribution in [3.8, 4) is 0 Å². The molecular weight excluding hydrogens is 314 g/mol. The second-order valence-electron chi connectivity index (χ2n) is 4.74. The third-order valence-electron chi connectivity index (χ3n) is 3.13. The molecule has 0 saturated heterocycles. The van der Waals surface area contributed by atoms with Crippen LogP contribution in [-0.4, -0.2) is 52.5 Å². The van der Waals surface area contributed by atoms with Gasteiger partial charge in [-0.15, -0.1) is 0 Å². The van der Waals surface area contributed by atoms with Gasteiger partial charge in [-0.2, -0.15) is 25.3 Å². The van der Waals surface area contributed by atoms with Crippen molar-refractivity contribution in [3.63, 3.8) is 0 Å². The van der Waals surface area contributed by atoms with Gasteiger partial charge in [0.25, 0.3) is 0 Å². The molecule has 0 fully saturated rings. The van der Waals surface area contributed by atoms with Crippen LogP contribution in [0.4, 0.5) is 0 Å². The van der Waals surface area contributed by atoms with Crippen molar-refractivity contribution < 1.29 is 19.5 Å². The first kappa shape index (κ1) is 20.1. The molecule has 0 heterocycles. The number of aliphatic carboxylic acids is 1. The van der Waals surface area contributed by atoms with Gasteiger partial charge in [-0.05, 0) is 5.92 Å². The summed E-state index contributed by atoms with van der Waals surface area (Å²) in [4.78, 5) is 34.9. The summed E-state index contributed by atoms with van der Waals surface area (Å²) >= 11 is 7.89. The van der Waals surface area contributed by atoms with Crippen LogP contribution in [0.15, 0.2) is 0 Å². The van der Waals surface area contributed by atoms with Crippen LogP contribution in [0.2, 0.25) is 0 Å². The smallest absolute Gasteiger partial charge is 0.326 e. The van der Waals surface area contributed by atoms with E-state index in [-0.39, 0.29) is 17.4 Å². The Hall–Kier alpha value is -0.930. The lowest BCUT2D eigenvalue weighted by Crippen LogP contribution is -2.56. The number of amides is 2. The molecule has 0 aromatic carbocycles. The van der Waals surface area contributed by atoms with Crippen molar-refractivity contribution in [2.24, 2.45) is 11.7 Å². The molecule has 122 valence electrons. The molecule has 2 amide bonds. The monoisotopic (exact) mass is 337 g/mol. The van der Waals surface area contributed by atoms with E-state index in [1.165, 1.54) is 0 Å². The van der Waals surface area contributed by atoms with Gasteiger partial charge in [0.2, 0.25) is 11.8 Å². The Bertz CT molecular complexity index is 382. The Labute approximate surface area is 135 Å². The maximum Gasteiger partial charge on any atom is 0.326 e. The molecule has 0 aliphatic heterocycles. The Balaban J connectivity index is 4.77. The summed E-state index contributed by atoms with van der Waals surface area (Å²) in [7, 11) is 0. The van der Waals surface area contributed by atoms with Gasteiger partial charge in [0.15, 0.2) is 0 Å². The minimum atomic E-state index is -1.12. The number of hydrogen-bond donors (Lipinski definition) is 6. The van der Waals surface area contributed by atoms with Gasteiger partial charge in [0, 0.05) is 11.5 Å². The molecule has 0 saturated carbocycles. The number of carbonyl (C=O) groups is 3. The zero-order chi connectivity index (χ0) is 16.6. The Kier molecular flexibility index (Phi) is 9.47. The summed E-state index contributed by atoms with van der Waals surface area (Å²) in [5.74, 6) is -2.32. The highest BCUT2D eigenvalue weighted by molar-refractivity contribution is 7.80. The Morgan fingerprint density at radius 2 is 1.71 bits per heavy atom. The minimum absolute atomic E-state index is 0.0315. The third kappa shape index (κ3) is 6.58. The highest BCUT2D eigenvalue weighted by atomic mass is 32.1. The van der Waals surface area contributed by atoms with E-state index >= 15 is 0 Å². The van der Waals surface area contributed by atoms with Crippen molar-refractivity contribution in [3.05, 3.63) is 0 Å². The molecule has 5 N–H and O–H groups in total. The van der Waals surface area contributed by atoms with E-state index in [0.717, 1.165) is 0 Å². The quantitative estimate of drug-likeness (QED) is 0.310. The van der Waals surface area contributed by atoms with Gasteiger partial charge in [0.1, 0.15) is 12.1 Å². The van der Waals surface area contributed by atoms with Crippen LogP contribution in [-0.2, 0) is 14.4 Å². The lowest BCUT2D eigenvalue weighted by atomic mass is 9.99. The van der Waals surface area contributed by atoms with Crippen LogP contribution in [0, 0.1) is 5.92 Å². The van der Waals surface area contributed by atoms with E-state index in [2.05, 4.69) is 35.9 Å². The molecule has 21 heavy (non-hydrogen) atoms. The number of carboxylic acid groups (broad SMARTS) is 1. The number of rotatable bonds is 9. The van der Waals surface area contributed by atoms with Gasteiger partial charge in [-0.1, -0.05) is 20.3 Å². The van der Waals surface area contributed by atoms with Crippen molar-refractivity contribution in [1.82, 2.24) is 10.6 Å². The molecule has 0 aliphatic rings. The third-order valence-corrected chi connectivity index (χ3v) is 3.88. The van der Waals surface area contributed by atoms with Gasteiger partial charge < -0.3 is 21.5 Å². The van der Waals surface area contributed by atoms with E-state index in [0.29, 0.717) is 6.42 Å².